The van der Waals surface area contributed by atoms with Crippen molar-refractivity contribution in [2.24, 2.45) is 0 Å². The number of carbonyl (C=O) groups excluding carboxylic acids is 1. The molecule has 0 aromatic heterocycles. The van der Waals surface area contributed by atoms with Gasteiger partial charge in [-0.05, 0) is 38.3 Å². The highest BCUT2D eigenvalue weighted by atomic mass is 16.7. The summed E-state index contributed by atoms with van der Waals surface area (Å²) in [5, 5.41) is 6.04. The molecule has 136 valence electrons. The molecule has 0 heterocycles. The van der Waals surface area contributed by atoms with Gasteiger partial charge in [-0.2, -0.15) is 0 Å². The standard InChI is InChI=1S/C18H30N2O4/c1-18(2,3)24-17(21)20-11-10-14-6-8-15(9-7-14)12-19-13-16(22-4)23-5/h6-9,16,19H,10-13H2,1-5H3,(H,20,21). The highest BCUT2D eigenvalue weighted by Gasteiger charge is 2.15. The number of amides is 1. The topological polar surface area (TPSA) is 68.8 Å². The Hall–Kier alpha value is -1.63. The molecule has 24 heavy (non-hydrogen) atoms. The lowest BCUT2D eigenvalue weighted by molar-refractivity contribution is -0.0989. The second-order valence-electron chi connectivity index (χ2n) is 6.53. The monoisotopic (exact) mass is 338 g/mol. The average Bonchev–Trinajstić information content (AvgIpc) is 2.51. The summed E-state index contributed by atoms with van der Waals surface area (Å²) in [7, 11) is 3.24. The van der Waals surface area contributed by atoms with Gasteiger partial charge in [-0.25, -0.2) is 4.79 Å². The molecule has 2 N–H and O–H groups in total. The summed E-state index contributed by atoms with van der Waals surface area (Å²) in [6.45, 7) is 7.48. The summed E-state index contributed by atoms with van der Waals surface area (Å²) >= 11 is 0. The van der Waals surface area contributed by atoms with Crippen LogP contribution in [0.3, 0.4) is 0 Å². The zero-order valence-electron chi connectivity index (χ0n) is 15.3. The van der Waals surface area contributed by atoms with E-state index in [0.29, 0.717) is 13.1 Å². The number of methoxy groups -OCH3 is 2. The van der Waals surface area contributed by atoms with Crippen molar-refractivity contribution in [1.82, 2.24) is 10.6 Å². The lowest BCUT2D eigenvalue weighted by Gasteiger charge is -2.19. The van der Waals surface area contributed by atoms with Crippen LogP contribution in [-0.2, 0) is 27.2 Å². The summed E-state index contributed by atoms with van der Waals surface area (Å²) in [5.41, 5.74) is 1.88. The van der Waals surface area contributed by atoms with Crippen LogP contribution in [0.2, 0.25) is 0 Å². The fraction of sp³-hybridized carbons (Fsp3) is 0.611. The number of benzene rings is 1. The Morgan fingerprint density at radius 2 is 1.67 bits per heavy atom. The van der Waals surface area contributed by atoms with Crippen molar-refractivity contribution in [3.63, 3.8) is 0 Å². The maximum absolute atomic E-state index is 11.6. The minimum absolute atomic E-state index is 0.233. The summed E-state index contributed by atoms with van der Waals surface area (Å²) in [4.78, 5) is 11.6. The van der Waals surface area contributed by atoms with Crippen LogP contribution in [0, 0.1) is 0 Å². The van der Waals surface area contributed by atoms with Crippen LogP contribution >= 0.6 is 0 Å². The maximum Gasteiger partial charge on any atom is 0.407 e. The Morgan fingerprint density at radius 1 is 1.08 bits per heavy atom. The van der Waals surface area contributed by atoms with Gasteiger partial charge in [-0.1, -0.05) is 24.3 Å². The first-order valence-electron chi connectivity index (χ1n) is 8.15. The van der Waals surface area contributed by atoms with Crippen molar-refractivity contribution in [3.8, 4) is 0 Å². The third kappa shape index (κ3) is 8.86. The van der Waals surface area contributed by atoms with Crippen molar-refractivity contribution in [1.29, 1.82) is 0 Å². The second kappa shape index (κ2) is 10.3. The summed E-state index contributed by atoms with van der Waals surface area (Å²) in [5.74, 6) is 0. The zero-order valence-corrected chi connectivity index (χ0v) is 15.3. The number of carbonyl (C=O) groups is 1. The molecular formula is C18H30N2O4. The molecule has 1 amide bonds. The summed E-state index contributed by atoms with van der Waals surface area (Å²) < 4.78 is 15.4. The quantitative estimate of drug-likeness (QED) is 0.677. The number of nitrogens with one attached hydrogen (secondary N) is 2. The van der Waals surface area contributed by atoms with Gasteiger partial charge in [-0.3, -0.25) is 0 Å². The normalized spacial score (nSPS) is 11.6. The molecule has 1 aromatic carbocycles. The Bertz CT molecular complexity index is 479. The van der Waals surface area contributed by atoms with Crippen molar-refractivity contribution >= 4 is 6.09 Å². The molecule has 6 nitrogen and oxygen atoms in total. The molecule has 0 bridgehead atoms. The first kappa shape index (κ1) is 20.4. The lowest BCUT2D eigenvalue weighted by atomic mass is 10.1. The predicted octanol–water partition coefficient (Wildman–Crippen LogP) is 2.46. The van der Waals surface area contributed by atoms with Crippen LogP contribution in [0.1, 0.15) is 31.9 Å². The molecule has 1 rings (SSSR count). The first-order chi connectivity index (χ1) is 11.3. The second-order valence-corrected chi connectivity index (χ2v) is 6.53. The predicted molar refractivity (Wildman–Crippen MR) is 93.9 cm³/mol. The summed E-state index contributed by atoms with van der Waals surface area (Å²) in [6.07, 6.45) is 0.153. The number of hydrogen-bond acceptors (Lipinski definition) is 5. The lowest BCUT2D eigenvalue weighted by Crippen LogP contribution is -2.33. The van der Waals surface area contributed by atoms with Gasteiger partial charge in [0.25, 0.3) is 0 Å². The minimum atomic E-state index is -0.469. The SMILES string of the molecule is COC(CNCc1ccc(CCNC(=O)OC(C)(C)C)cc1)OC. The highest BCUT2D eigenvalue weighted by molar-refractivity contribution is 5.67. The number of hydrogen-bond donors (Lipinski definition) is 2. The molecule has 0 saturated heterocycles. The molecule has 0 aliphatic rings. The molecule has 6 heteroatoms. The van der Waals surface area contributed by atoms with Gasteiger partial charge in [0.1, 0.15) is 5.60 Å². The van der Waals surface area contributed by atoms with Crippen molar-refractivity contribution in [2.45, 2.75) is 45.6 Å². The van der Waals surface area contributed by atoms with E-state index in [1.165, 1.54) is 11.1 Å². The molecule has 0 spiro atoms. The van der Waals surface area contributed by atoms with Crippen LogP contribution in [-0.4, -0.2) is 45.3 Å². The minimum Gasteiger partial charge on any atom is -0.444 e. The Morgan fingerprint density at radius 3 is 2.21 bits per heavy atom. The Labute approximate surface area is 144 Å². The van der Waals surface area contributed by atoms with Gasteiger partial charge < -0.3 is 24.8 Å². The van der Waals surface area contributed by atoms with E-state index in [1.54, 1.807) is 14.2 Å². The van der Waals surface area contributed by atoms with Gasteiger partial charge in [0.15, 0.2) is 6.29 Å². The number of alkyl carbamates (subject to hydrolysis) is 1. The van der Waals surface area contributed by atoms with Gasteiger partial charge in [0, 0.05) is 33.9 Å². The molecule has 0 fully saturated rings. The van der Waals surface area contributed by atoms with E-state index in [4.69, 9.17) is 14.2 Å². The van der Waals surface area contributed by atoms with Gasteiger partial charge in [0.05, 0.1) is 0 Å². The van der Waals surface area contributed by atoms with Crippen LogP contribution < -0.4 is 10.6 Å². The largest absolute Gasteiger partial charge is 0.444 e. The molecule has 0 aliphatic carbocycles. The van der Waals surface area contributed by atoms with Crippen LogP contribution in [0.25, 0.3) is 0 Å². The third-order valence-corrected chi connectivity index (χ3v) is 3.27. The van der Waals surface area contributed by atoms with Gasteiger partial charge >= 0.3 is 6.09 Å². The van der Waals surface area contributed by atoms with E-state index in [1.807, 2.05) is 20.8 Å². The molecule has 0 saturated carbocycles. The van der Waals surface area contributed by atoms with E-state index in [9.17, 15) is 4.79 Å². The molecule has 0 unspecified atom stereocenters. The third-order valence-electron chi connectivity index (χ3n) is 3.27. The number of ether oxygens (including phenoxy) is 3. The summed E-state index contributed by atoms with van der Waals surface area (Å²) in [6, 6.07) is 8.28. The highest BCUT2D eigenvalue weighted by Crippen LogP contribution is 2.07. The maximum atomic E-state index is 11.6. The van der Waals surface area contributed by atoms with Crippen molar-refractivity contribution in [3.05, 3.63) is 35.4 Å². The fourth-order valence-electron chi connectivity index (χ4n) is 2.04. The molecule has 0 radical (unpaired) electrons. The Kier molecular flexibility index (Phi) is 8.74. The molecule has 0 atom stereocenters. The van der Waals surface area contributed by atoms with E-state index in [2.05, 4.69) is 34.9 Å². The van der Waals surface area contributed by atoms with Gasteiger partial charge in [-0.15, -0.1) is 0 Å². The fourth-order valence-corrected chi connectivity index (χ4v) is 2.04. The van der Waals surface area contributed by atoms with Crippen LogP contribution in [0.5, 0.6) is 0 Å². The van der Waals surface area contributed by atoms with Gasteiger partial charge in [0.2, 0.25) is 0 Å². The van der Waals surface area contributed by atoms with Crippen molar-refractivity contribution < 1.29 is 19.0 Å². The van der Waals surface area contributed by atoms with E-state index in [-0.39, 0.29) is 12.4 Å². The van der Waals surface area contributed by atoms with Crippen LogP contribution in [0.15, 0.2) is 24.3 Å². The first-order valence-corrected chi connectivity index (χ1v) is 8.15. The van der Waals surface area contributed by atoms with Crippen molar-refractivity contribution in [2.75, 3.05) is 27.3 Å². The Balaban J connectivity index is 2.28. The number of rotatable bonds is 9. The van der Waals surface area contributed by atoms with E-state index < -0.39 is 5.60 Å². The van der Waals surface area contributed by atoms with E-state index >= 15 is 0 Å². The smallest absolute Gasteiger partial charge is 0.407 e. The molecular weight excluding hydrogens is 308 g/mol. The zero-order chi connectivity index (χ0) is 18.0. The van der Waals surface area contributed by atoms with E-state index in [0.717, 1.165) is 13.0 Å². The molecule has 1 aromatic rings. The average molecular weight is 338 g/mol. The van der Waals surface area contributed by atoms with Crippen LogP contribution in [0.4, 0.5) is 4.79 Å². The molecule has 0 aliphatic heterocycles.